The van der Waals surface area contributed by atoms with E-state index < -0.39 is 43.7 Å². The fourth-order valence-electron chi connectivity index (χ4n) is 12.4. The van der Waals surface area contributed by atoms with Crippen molar-refractivity contribution >= 4 is 42.9 Å². The molecule has 3 amide bonds. The molecule has 3 aliphatic heterocycles. The van der Waals surface area contributed by atoms with E-state index in [0.29, 0.717) is 48.9 Å². The SMILES string of the molecule is CCn1c(-c2cccnc2C(C)C)c2c3cc(ccc31)-c1cc(cc(O[Si](C(C)C)(C(C)C)C(C)C)c1)C[C@H](NC(=O)[C@H](C(C)C)N(C)C(=O)[C@H]1CC[C@@H](C)N1)C(=O)N1CCC[C@H](N1)C(=O)OCC(C)(C)C2. The quantitative estimate of drug-likeness (QED) is 0.0880. The number of benzene rings is 2. The first kappa shape index (κ1) is 54.7. The summed E-state index contributed by atoms with van der Waals surface area (Å²) in [4.78, 5) is 64.6. The maximum absolute atomic E-state index is 15.2. The molecule has 72 heavy (non-hydrogen) atoms. The van der Waals surface area contributed by atoms with E-state index in [1.165, 1.54) is 10.6 Å². The van der Waals surface area contributed by atoms with Crippen LogP contribution in [0.3, 0.4) is 0 Å². The fourth-order valence-corrected chi connectivity index (χ4v) is 17.6. The van der Waals surface area contributed by atoms with Crippen molar-refractivity contribution in [1.82, 2.24) is 35.5 Å². The summed E-state index contributed by atoms with van der Waals surface area (Å²) >= 11 is 0. The van der Waals surface area contributed by atoms with Gasteiger partial charge in [0.15, 0.2) is 0 Å². The average Bonchev–Trinajstić information content (AvgIpc) is 3.90. The van der Waals surface area contributed by atoms with Crippen molar-refractivity contribution in [2.24, 2.45) is 11.3 Å². The molecular formula is C58H85N7O6Si. The summed E-state index contributed by atoms with van der Waals surface area (Å²) in [6.45, 7) is 31.7. The molecule has 2 aromatic heterocycles. The summed E-state index contributed by atoms with van der Waals surface area (Å²) in [6, 6.07) is 14.4. The first-order valence-corrected chi connectivity index (χ1v) is 29.1. The van der Waals surface area contributed by atoms with Crippen molar-refractivity contribution in [2.75, 3.05) is 20.2 Å². The smallest absolute Gasteiger partial charge is 0.324 e. The minimum Gasteiger partial charge on any atom is -0.543 e. The molecule has 5 heterocycles. The molecule has 3 aliphatic rings. The van der Waals surface area contributed by atoms with Crippen LogP contribution in [-0.2, 0) is 43.3 Å². The van der Waals surface area contributed by atoms with Gasteiger partial charge in [0, 0.05) is 60.7 Å². The number of esters is 1. The van der Waals surface area contributed by atoms with E-state index in [1.807, 2.05) is 26.1 Å². The minimum absolute atomic E-state index is 0.128. The molecule has 2 fully saturated rings. The van der Waals surface area contributed by atoms with Crippen LogP contribution in [0.25, 0.3) is 33.3 Å². The van der Waals surface area contributed by atoms with E-state index >= 15 is 4.79 Å². The van der Waals surface area contributed by atoms with Crippen LogP contribution in [0.2, 0.25) is 16.6 Å². The summed E-state index contributed by atoms with van der Waals surface area (Å²) in [5.41, 5.74) is 11.9. The number of likely N-dealkylation sites (N-methyl/N-ethyl adjacent to an activating group) is 1. The lowest BCUT2D eigenvalue weighted by Gasteiger charge is -2.42. The number of nitrogens with zero attached hydrogens (tertiary/aromatic N) is 4. The van der Waals surface area contributed by atoms with Crippen LogP contribution in [0.15, 0.2) is 54.7 Å². The average molecular weight is 1000 g/mol. The Morgan fingerprint density at radius 2 is 1.65 bits per heavy atom. The van der Waals surface area contributed by atoms with Crippen LogP contribution >= 0.6 is 0 Å². The summed E-state index contributed by atoms with van der Waals surface area (Å²) in [5.74, 6) is -0.686. The van der Waals surface area contributed by atoms with E-state index in [-0.39, 0.29) is 48.8 Å². The van der Waals surface area contributed by atoms with Crippen LogP contribution < -0.4 is 20.5 Å². The van der Waals surface area contributed by atoms with Gasteiger partial charge < -0.3 is 29.3 Å². The maximum atomic E-state index is 15.2. The predicted octanol–water partition coefficient (Wildman–Crippen LogP) is 10.3. The van der Waals surface area contributed by atoms with Crippen LogP contribution in [0.1, 0.15) is 145 Å². The van der Waals surface area contributed by atoms with E-state index in [1.54, 1.807) is 11.9 Å². The third-order valence-corrected chi connectivity index (χ3v) is 21.8. The molecule has 4 aromatic rings. The highest BCUT2D eigenvalue weighted by Gasteiger charge is 2.47. The zero-order valence-electron chi connectivity index (χ0n) is 46.1. The van der Waals surface area contributed by atoms with Crippen molar-refractivity contribution in [2.45, 2.75) is 195 Å². The van der Waals surface area contributed by atoms with Gasteiger partial charge in [-0.25, -0.2) is 5.43 Å². The number of hydrazine groups is 1. The molecule has 14 heteroatoms. The lowest BCUT2D eigenvalue weighted by atomic mass is 9.83. The Hall–Kier alpha value is -5.05. The molecule has 392 valence electrons. The summed E-state index contributed by atoms with van der Waals surface area (Å²) in [5, 5.41) is 9.17. The molecule has 0 radical (unpaired) electrons. The van der Waals surface area contributed by atoms with Gasteiger partial charge in [0.2, 0.25) is 11.8 Å². The molecule has 7 rings (SSSR count). The third kappa shape index (κ3) is 11.2. The van der Waals surface area contributed by atoms with Crippen LogP contribution in [0.5, 0.6) is 5.75 Å². The van der Waals surface area contributed by atoms with Crippen molar-refractivity contribution in [1.29, 1.82) is 0 Å². The third-order valence-electron chi connectivity index (χ3n) is 15.8. The van der Waals surface area contributed by atoms with Gasteiger partial charge in [-0.2, -0.15) is 0 Å². The van der Waals surface area contributed by atoms with Crippen molar-refractivity contribution in [3.63, 3.8) is 0 Å². The highest BCUT2D eigenvalue weighted by molar-refractivity contribution is 6.78. The fraction of sp³-hybridized carbons (Fsp3) is 0.603. The van der Waals surface area contributed by atoms with E-state index in [9.17, 15) is 14.4 Å². The zero-order valence-corrected chi connectivity index (χ0v) is 47.1. The number of cyclic esters (lactones) is 1. The van der Waals surface area contributed by atoms with E-state index in [4.69, 9.17) is 14.1 Å². The molecule has 0 spiro atoms. The van der Waals surface area contributed by atoms with Crippen LogP contribution in [0.4, 0.5) is 0 Å². The van der Waals surface area contributed by atoms with Gasteiger partial charge in [-0.05, 0) is 133 Å². The van der Waals surface area contributed by atoms with Gasteiger partial charge in [-0.1, -0.05) is 95.2 Å². The lowest BCUT2D eigenvalue weighted by molar-refractivity contribution is -0.155. The molecule has 5 atom stereocenters. The second-order valence-corrected chi connectivity index (χ2v) is 28.9. The Kier molecular flexibility index (Phi) is 16.9. The van der Waals surface area contributed by atoms with Crippen molar-refractivity contribution in [3.8, 4) is 28.1 Å². The van der Waals surface area contributed by atoms with Crippen LogP contribution in [0, 0.1) is 11.3 Å². The molecule has 6 bridgehead atoms. The second kappa shape index (κ2) is 22.2. The number of carbonyl (C=O) groups excluding carboxylic acids is 4. The Morgan fingerprint density at radius 3 is 2.28 bits per heavy atom. The number of aromatic nitrogens is 2. The normalized spacial score (nSPS) is 21.4. The predicted molar refractivity (Wildman–Crippen MR) is 291 cm³/mol. The number of aryl methyl sites for hydroxylation is 1. The zero-order chi connectivity index (χ0) is 52.6. The molecule has 2 saturated heterocycles. The molecule has 13 nitrogen and oxygen atoms in total. The van der Waals surface area contributed by atoms with Gasteiger partial charge in [0.25, 0.3) is 14.2 Å². The molecule has 0 saturated carbocycles. The van der Waals surface area contributed by atoms with Gasteiger partial charge >= 0.3 is 5.97 Å². The highest BCUT2D eigenvalue weighted by Crippen LogP contribution is 2.45. The Balaban J connectivity index is 1.44. The van der Waals surface area contributed by atoms with Crippen molar-refractivity contribution < 1.29 is 28.3 Å². The Bertz CT molecular complexity index is 2600. The largest absolute Gasteiger partial charge is 0.543 e. The maximum Gasteiger partial charge on any atom is 0.324 e. The molecule has 0 aliphatic carbocycles. The summed E-state index contributed by atoms with van der Waals surface area (Å²) < 4.78 is 16.1. The first-order chi connectivity index (χ1) is 34.0. The molecule has 2 aromatic carbocycles. The number of hydrogen-bond donors (Lipinski definition) is 3. The van der Waals surface area contributed by atoms with Gasteiger partial charge in [-0.3, -0.25) is 29.2 Å². The topological polar surface area (TPSA) is 147 Å². The molecule has 3 N–H and O–H groups in total. The number of rotatable bonds is 13. The molecule has 0 unspecified atom stereocenters. The highest BCUT2D eigenvalue weighted by atomic mass is 28.4. The van der Waals surface area contributed by atoms with Gasteiger partial charge in [0.1, 0.15) is 23.9 Å². The summed E-state index contributed by atoms with van der Waals surface area (Å²) in [7, 11) is -0.812. The Morgan fingerprint density at radius 1 is 0.944 bits per heavy atom. The standard InChI is InChI=1S/C58H85N7O6Si/c1-16-64-50-24-22-41-31-45(50)46(53(64)44-19-17-25-59-51(44)34(2)3)32-58(13,14)33-70-57(69)48-20-18-26-65(62-48)56(68)49(61-54(66)52(35(4)5)63(15)55(67)47-23-21-39(12)60-47)29-40-27-42(41)30-43(28-40)71-72(36(6)7,37(8)9)38(10)11/h17,19,22,24-25,27-28,30-31,34-39,47-49,52,60,62H,16,18,20-21,23,26,29,32-33H2,1-15H3,(H,61,66)/t39-,47-,48+,49+,52+/m1/s1. The monoisotopic (exact) mass is 1000 g/mol. The number of carbonyl (C=O) groups is 4. The van der Waals surface area contributed by atoms with Crippen LogP contribution in [-0.4, -0.2) is 102 Å². The number of amides is 3. The lowest BCUT2D eigenvalue weighted by Crippen LogP contribution is -2.62. The number of ether oxygens (including phenoxy) is 1. The summed E-state index contributed by atoms with van der Waals surface area (Å²) in [6.07, 6.45) is 5.24. The van der Waals surface area contributed by atoms with E-state index in [2.05, 4.69) is 146 Å². The molecular weight excluding hydrogens is 919 g/mol. The van der Waals surface area contributed by atoms with Crippen molar-refractivity contribution in [3.05, 3.63) is 71.5 Å². The second-order valence-electron chi connectivity index (χ2n) is 23.5. The number of hydrogen-bond acceptors (Lipinski definition) is 9. The van der Waals surface area contributed by atoms with Gasteiger partial charge in [0.05, 0.1) is 24.0 Å². The number of fused-ring (bicyclic) bond motifs is 6. The van der Waals surface area contributed by atoms with Gasteiger partial charge in [-0.15, -0.1) is 0 Å². The number of pyridine rings is 1. The minimum atomic E-state index is -2.50. The Labute approximate surface area is 431 Å². The van der Waals surface area contributed by atoms with E-state index in [0.717, 1.165) is 63.3 Å². The first-order valence-electron chi connectivity index (χ1n) is 27.0. The number of nitrogens with one attached hydrogen (secondary N) is 3.